The van der Waals surface area contributed by atoms with Gasteiger partial charge in [-0.15, -0.1) is 0 Å². The standard InChI is InChI=1S/C20H21N3O3/c1-14-8-10-17(11-9-14)22-19(24)13-23(3)20(25)15(2)26-18-7-5-4-6-16(18)12-21/h4-11,15H,13H2,1-3H3,(H,22,24)/t15-/m0/s1. The third kappa shape index (κ3) is 5.08. The highest BCUT2D eigenvalue weighted by Gasteiger charge is 2.22. The highest BCUT2D eigenvalue weighted by Crippen LogP contribution is 2.18. The lowest BCUT2D eigenvalue weighted by Crippen LogP contribution is -2.42. The molecule has 0 radical (unpaired) electrons. The van der Waals surface area contributed by atoms with Crippen molar-refractivity contribution in [3.63, 3.8) is 0 Å². The van der Waals surface area contributed by atoms with Crippen LogP contribution in [0.4, 0.5) is 5.69 Å². The van der Waals surface area contributed by atoms with E-state index in [1.807, 2.05) is 25.1 Å². The number of para-hydroxylation sites is 1. The van der Waals surface area contributed by atoms with Gasteiger partial charge >= 0.3 is 0 Å². The van der Waals surface area contributed by atoms with Crippen molar-refractivity contribution in [1.82, 2.24) is 4.90 Å². The molecule has 6 nitrogen and oxygen atoms in total. The number of aryl methyl sites for hydroxylation is 1. The number of ether oxygens (including phenoxy) is 1. The lowest BCUT2D eigenvalue weighted by atomic mass is 10.2. The molecule has 2 aromatic carbocycles. The number of anilines is 1. The van der Waals surface area contributed by atoms with E-state index in [0.717, 1.165) is 5.56 Å². The third-order valence-corrected chi connectivity index (χ3v) is 3.75. The molecular formula is C20H21N3O3. The molecule has 0 aliphatic heterocycles. The third-order valence-electron chi connectivity index (χ3n) is 3.75. The van der Waals surface area contributed by atoms with Crippen LogP contribution in [-0.4, -0.2) is 36.4 Å². The predicted octanol–water partition coefficient (Wildman–Crippen LogP) is 2.73. The highest BCUT2D eigenvalue weighted by molar-refractivity contribution is 5.95. The summed E-state index contributed by atoms with van der Waals surface area (Å²) in [5.74, 6) is -0.306. The molecule has 134 valence electrons. The molecule has 1 N–H and O–H groups in total. The molecule has 2 rings (SSSR count). The van der Waals surface area contributed by atoms with Crippen molar-refractivity contribution >= 4 is 17.5 Å². The largest absolute Gasteiger partial charge is 0.480 e. The van der Waals surface area contributed by atoms with Gasteiger partial charge in [-0.05, 0) is 38.1 Å². The van der Waals surface area contributed by atoms with Gasteiger partial charge in [0.15, 0.2) is 6.10 Å². The average molecular weight is 351 g/mol. The summed E-state index contributed by atoms with van der Waals surface area (Å²) in [7, 11) is 1.53. The number of hydrogen-bond donors (Lipinski definition) is 1. The first kappa shape index (κ1) is 19.0. The lowest BCUT2D eigenvalue weighted by Gasteiger charge is -2.22. The molecule has 2 amide bonds. The predicted molar refractivity (Wildman–Crippen MR) is 98.7 cm³/mol. The number of nitrogens with zero attached hydrogens (tertiary/aromatic N) is 2. The zero-order valence-electron chi connectivity index (χ0n) is 15.0. The molecule has 0 aliphatic rings. The number of amides is 2. The summed E-state index contributed by atoms with van der Waals surface area (Å²) in [5, 5.41) is 11.8. The molecule has 2 aromatic rings. The zero-order valence-corrected chi connectivity index (χ0v) is 15.0. The number of nitrogens with one attached hydrogen (secondary N) is 1. The Hall–Kier alpha value is -3.33. The molecule has 1 atom stereocenters. The van der Waals surface area contributed by atoms with Gasteiger partial charge in [0, 0.05) is 12.7 Å². The van der Waals surface area contributed by atoms with Crippen molar-refractivity contribution in [3.05, 3.63) is 59.7 Å². The first-order valence-electron chi connectivity index (χ1n) is 8.18. The van der Waals surface area contributed by atoms with Crippen molar-refractivity contribution in [2.24, 2.45) is 0 Å². The van der Waals surface area contributed by atoms with Crippen LogP contribution < -0.4 is 10.1 Å². The molecule has 0 aromatic heterocycles. The number of nitriles is 1. The van der Waals surface area contributed by atoms with Crippen LogP contribution in [0, 0.1) is 18.3 Å². The summed E-state index contributed by atoms with van der Waals surface area (Å²) in [5.41, 5.74) is 2.12. The van der Waals surface area contributed by atoms with E-state index in [4.69, 9.17) is 10.00 Å². The second kappa shape index (κ2) is 8.67. The molecule has 6 heteroatoms. The average Bonchev–Trinajstić information content (AvgIpc) is 2.63. The van der Waals surface area contributed by atoms with Crippen molar-refractivity contribution in [3.8, 4) is 11.8 Å². The monoisotopic (exact) mass is 351 g/mol. The van der Waals surface area contributed by atoms with Gasteiger partial charge in [-0.3, -0.25) is 9.59 Å². The minimum atomic E-state index is -0.818. The Bertz CT molecular complexity index is 825. The SMILES string of the molecule is Cc1ccc(NC(=O)CN(C)C(=O)[C@H](C)Oc2ccccc2C#N)cc1. The van der Waals surface area contributed by atoms with Crippen LogP contribution in [0.2, 0.25) is 0 Å². The Morgan fingerprint density at radius 2 is 1.85 bits per heavy atom. The normalized spacial score (nSPS) is 11.2. The van der Waals surface area contributed by atoms with Crippen LogP contribution in [-0.2, 0) is 9.59 Å². The van der Waals surface area contributed by atoms with Gasteiger partial charge in [0.25, 0.3) is 5.91 Å². The van der Waals surface area contributed by atoms with Crippen molar-refractivity contribution in [2.45, 2.75) is 20.0 Å². The number of carbonyl (C=O) groups excluding carboxylic acids is 2. The summed E-state index contributed by atoms with van der Waals surface area (Å²) in [6, 6.07) is 16.1. The molecule has 0 aliphatic carbocycles. The van der Waals surface area contributed by atoms with Crippen molar-refractivity contribution in [1.29, 1.82) is 5.26 Å². The minimum Gasteiger partial charge on any atom is -0.480 e. The second-order valence-electron chi connectivity index (χ2n) is 5.98. The van der Waals surface area contributed by atoms with E-state index >= 15 is 0 Å². The molecule has 0 saturated heterocycles. The topological polar surface area (TPSA) is 82.4 Å². The quantitative estimate of drug-likeness (QED) is 0.867. The van der Waals surface area contributed by atoms with E-state index in [0.29, 0.717) is 17.0 Å². The Balaban J connectivity index is 1.92. The van der Waals surface area contributed by atoms with Crippen molar-refractivity contribution < 1.29 is 14.3 Å². The number of rotatable bonds is 6. The highest BCUT2D eigenvalue weighted by atomic mass is 16.5. The molecule has 0 fully saturated rings. The first-order chi connectivity index (χ1) is 12.4. The maximum Gasteiger partial charge on any atom is 0.263 e. The van der Waals surface area contributed by atoms with Gasteiger partial charge in [0.2, 0.25) is 5.91 Å². The summed E-state index contributed by atoms with van der Waals surface area (Å²) in [4.78, 5) is 25.8. The Morgan fingerprint density at radius 1 is 1.19 bits per heavy atom. The number of hydrogen-bond acceptors (Lipinski definition) is 4. The maximum atomic E-state index is 12.4. The van der Waals surface area contributed by atoms with Gasteiger partial charge in [-0.2, -0.15) is 5.26 Å². The molecular weight excluding hydrogens is 330 g/mol. The zero-order chi connectivity index (χ0) is 19.1. The van der Waals surface area contributed by atoms with E-state index in [1.165, 1.54) is 11.9 Å². The van der Waals surface area contributed by atoms with Gasteiger partial charge in [0.1, 0.15) is 11.8 Å². The van der Waals surface area contributed by atoms with Gasteiger partial charge in [0.05, 0.1) is 12.1 Å². The molecule has 0 bridgehead atoms. The fourth-order valence-corrected chi connectivity index (χ4v) is 2.34. The molecule has 0 saturated carbocycles. The van der Waals surface area contributed by atoms with Crippen LogP contribution >= 0.6 is 0 Å². The number of likely N-dealkylation sites (N-methyl/N-ethyl adjacent to an activating group) is 1. The van der Waals surface area contributed by atoms with Gasteiger partial charge < -0.3 is 15.0 Å². The second-order valence-corrected chi connectivity index (χ2v) is 5.98. The molecule has 0 unspecified atom stereocenters. The van der Waals surface area contributed by atoms with E-state index in [2.05, 4.69) is 5.32 Å². The lowest BCUT2D eigenvalue weighted by molar-refractivity contribution is -0.139. The van der Waals surface area contributed by atoms with E-state index in [1.54, 1.807) is 43.3 Å². The fraction of sp³-hybridized carbons (Fsp3) is 0.250. The minimum absolute atomic E-state index is 0.0969. The van der Waals surface area contributed by atoms with Crippen LogP contribution in [0.1, 0.15) is 18.1 Å². The van der Waals surface area contributed by atoms with Crippen LogP contribution in [0.25, 0.3) is 0 Å². The molecule has 26 heavy (non-hydrogen) atoms. The Kier molecular flexibility index (Phi) is 6.34. The van der Waals surface area contributed by atoms with Crippen LogP contribution in [0.5, 0.6) is 5.75 Å². The number of carbonyl (C=O) groups is 2. The molecule has 0 heterocycles. The summed E-state index contributed by atoms with van der Waals surface area (Å²) in [6.07, 6.45) is -0.818. The first-order valence-corrected chi connectivity index (χ1v) is 8.18. The van der Waals surface area contributed by atoms with Crippen molar-refractivity contribution in [2.75, 3.05) is 18.9 Å². The van der Waals surface area contributed by atoms with Crippen LogP contribution in [0.3, 0.4) is 0 Å². The van der Waals surface area contributed by atoms with E-state index in [-0.39, 0.29) is 18.4 Å². The Labute approximate surface area is 153 Å². The van der Waals surface area contributed by atoms with Gasteiger partial charge in [-0.1, -0.05) is 29.8 Å². The maximum absolute atomic E-state index is 12.4. The van der Waals surface area contributed by atoms with E-state index in [9.17, 15) is 9.59 Å². The summed E-state index contributed by atoms with van der Waals surface area (Å²) in [6.45, 7) is 3.45. The summed E-state index contributed by atoms with van der Waals surface area (Å²) >= 11 is 0. The molecule has 0 spiro atoms. The summed E-state index contributed by atoms with van der Waals surface area (Å²) < 4.78 is 5.59. The Morgan fingerprint density at radius 3 is 2.50 bits per heavy atom. The van der Waals surface area contributed by atoms with Gasteiger partial charge in [-0.25, -0.2) is 0 Å². The number of benzene rings is 2. The van der Waals surface area contributed by atoms with E-state index < -0.39 is 6.10 Å². The smallest absolute Gasteiger partial charge is 0.263 e. The van der Waals surface area contributed by atoms with Crippen LogP contribution in [0.15, 0.2) is 48.5 Å². The fourth-order valence-electron chi connectivity index (χ4n) is 2.34.